The molecule has 0 atom stereocenters. The van der Waals surface area contributed by atoms with Gasteiger partial charge in [-0.25, -0.2) is 0 Å². The maximum absolute atomic E-state index is 12.5. The molecule has 5 nitrogen and oxygen atoms in total. The van der Waals surface area contributed by atoms with Gasteiger partial charge < -0.3 is 15.4 Å². The Bertz CT molecular complexity index is 848. The van der Waals surface area contributed by atoms with E-state index in [1.54, 1.807) is 24.3 Å². The van der Waals surface area contributed by atoms with Crippen molar-refractivity contribution in [1.29, 1.82) is 0 Å². The highest BCUT2D eigenvalue weighted by atomic mass is 16.5. The first kappa shape index (κ1) is 21.1. The molecule has 3 rings (SSSR count). The molecule has 0 unspecified atom stereocenters. The lowest BCUT2D eigenvalue weighted by atomic mass is 9.90. The number of ether oxygens (including phenoxy) is 1. The third kappa shape index (κ3) is 6.43. The van der Waals surface area contributed by atoms with E-state index >= 15 is 0 Å². The lowest BCUT2D eigenvalue weighted by Gasteiger charge is -2.16. The summed E-state index contributed by atoms with van der Waals surface area (Å²) in [6.07, 6.45) is 5.83. The molecule has 5 heteroatoms. The maximum atomic E-state index is 12.5. The zero-order valence-corrected chi connectivity index (χ0v) is 17.1. The van der Waals surface area contributed by atoms with Crippen molar-refractivity contribution in [3.05, 3.63) is 64.7 Å². The van der Waals surface area contributed by atoms with Crippen LogP contribution >= 0.6 is 0 Å². The Morgan fingerprint density at radius 2 is 1.86 bits per heavy atom. The molecule has 0 radical (unpaired) electrons. The normalized spacial score (nSPS) is 12.9. The van der Waals surface area contributed by atoms with Gasteiger partial charge in [0.25, 0.3) is 5.91 Å². The Balaban J connectivity index is 1.52. The minimum absolute atomic E-state index is 0.0740. The molecule has 0 fully saturated rings. The van der Waals surface area contributed by atoms with Crippen molar-refractivity contribution in [2.75, 3.05) is 25.1 Å². The molecule has 0 bridgehead atoms. The third-order valence-electron chi connectivity index (χ3n) is 5.14. The summed E-state index contributed by atoms with van der Waals surface area (Å²) in [5.74, 6) is -0.220. The molecule has 1 aliphatic carbocycles. The Labute approximate surface area is 172 Å². The molecule has 1 aliphatic rings. The number of hydrogen-bond acceptors (Lipinski definition) is 3. The maximum Gasteiger partial charge on any atom is 0.251 e. The van der Waals surface area contributed by atoms with Crippen LogP contribution in [0.1, 0.15) is 53.2 Å². The molecule has 154 valence electrons. The van der Waals surface area contributed by atoms with Crippen LogP contribution in [-0.2, 0) is 28.8 Å². The molecule has 0 aliphatic heterocycles. The average molecular weight is 395 g/mol. The highest BCUT2D eigenvalue weighted by Gasteiger charge is 2.12. The van der Waals surface area contributed by atoms with Gasteiger partial charge in [0.2, 0.25) is 5.91 Å². The van der Waals surface area contributed by atoms with E-state index in [0.717, 1.165) is 24.8 Å². The number of carbonyl (C=O) groups excluding carboxylic acids is 2. The highest BCUT2D eigenvalue weighted by molar-refractivity contribution is 5.97. The summed E-state index contributed by atoms with van der Waals surface area (Å²) in [4.78, 5) is 24.8. The number of anilines is 1. The van der Waals surface area contributed by atoms with Crippen LogP contribution in [0.25, 0.3) is 0 Å². The van der Waals surface area contributed by atoms with Gasteiger partial charge >= 0.3 is 0 Å². The van der Waals surface area contributed by atoms with Crippen LogP contribution in [-0.4, -0.2) is 31.6 Å². The van der Waals surface area contributed by atoms with Crippen LogP contribution < -0.4 is 10.6 Å². The third-order valence-corrected chi connectivity index (χ3v) is 5.14. The first-order valence-corrected chi connectivity index (χ1v) is 10.5. The fourth-order valence-corrected chi connectivity index (χ4v) is 3.65. The van der Waals surface area contributed by atoms with Crippen molar-refractivity contribution >= 4 is 17.5 Å². The summed E-state index contributed by atoms with van der Waals surface area (Å²) >= 11 is 0. The van der Waals surface area contributed by atoms with Crippen LogP contribution in [0.5, 0.6) is 0 Å². The molecule has 0 spiro atoms. The molecule has 29 heavy (non-hydrogen) atoms. The topological polar surface area (TPSA) is 67.4 Å². The molecule has 0 saturated carbocycles. The Hall–Kier alpha value is -2.66. The summed E-state index contributed by atoms with van der Waals surface area (Å²) in [5.41, 5.74) is 5.00. The molecule has 2 aromatic carbocycles. The van der Waals surface area contributed by atoms with Crippen LogP contribution in [0.2, 0.25) is 0 Å². The Kier molecular flexibility index (Phi) is 7.82. The number of benzene rings is 2. The standard InChI is InChI=1S/C24H30N2O3/c1-2-29-14-6-13-25-24(28)21-9-5-10-22(17-21)26-23(27)16-18-11-12-19-7-3-4-8-20(19)15-18/h5,9-12,15,17H,2-4,6-8,13-14,16H2,1H3,(H,25,28)(H,26,27). The monoisotopic (exact) mass is 394 g/mol. The first-order chi connectivity index (χ1) is 14.2. The highest BCUT2D eigenvalue weighted by Crippen LogP contribution is 2.22. The molecule has 2 N–H and O–H groups in total. The zero-order chi connectivity index (χ0) is 20.5. The summed E-state index contributed by atoms with van der Waals surface area (Å²) in [7, 11) is 0. The molecule has 2 aromatic rings. The van der Waals surface area contributed by atoms with Gasteiger partial charge in [0.1, 0.15) is 0 Å². The number of fused-ring (bicyclic) bond motifs is 1. The number of nitrogens with one attached hydrogen (secondary N) is 2. The fourth-order valence-electron chi connectivity index (χ4n) is 3.65. The van der Waals surface area contributed by atoms with Gasteiger partial charge in [0, 0.05) is 31.0 Å². The molecular formula is C24H30N2O3. The van der Waals surface area contributed by atoms with Crippen LogP contribution in [0, 0.1) is 0 Å². The second-order valence-corrected chi connectivity index (χ2v) is 7.42. The van der Waals surface area contributed by atoms with E-state index < -0.39 is 0 Å². The summed E-state index contributed by atoms with van der Waals surface area (Å²) in [5, 5.41) is 5.79. The number of hydrogen-bond donors (Lipinski definition) is 2. The van der Waals surface area contributed by atoms with Crippen molar-refractivity contribution in [3.8, 4) is 0 Å². The predicted molar refractivity (Wildman–Crippen MR) is 115 cm³/mol. The SMILES string of the molecule is CCOCCCNC(=O)c1cccc(NC(=O)Cc2ccc3c(c2)CCCC3)c1. The fraction of sp³-hybridized carbons (Fsp3) is 0.417. The summed E-state index contributed by atoms with van der Waals surface area (Å²) < 4.78 is 5.26. The Morgan fingerprint density at radius 1 is 1.03 bits per heavy atom. The quantitative estimate of drug-likeness (QED) is 0.634. The second-order valence-electron chi connectivity index (χ2n) is 7.42. The largest absolute Gasteiger partial charge is 0.382 e. The molecule has 0 saturated heterocycles. The van der Waals surface area contributed by atoms with Crippen LogP contribution in [0.4, 0.5) is 5.69 Å². The van der Waals surface area contributed by atoms with Gasteiger partial charge in [0.05, 0.1) is 6.42 Å². The minimum atomic E-state index is -0.146. The van der Waals surface area contributed by atoms with Crippen LogP contribution in [0.3, 0.4) is 0 Å². The van der Waals surface area contributed by atoms with E-state index in [2.05, 4.69) is 28.8 Å². The van der Waals surface area contributed by atoms with E-state index in [1.165, 1.54) is 24.0 Å². The first-order valence-electron chi connectivity index (χ1n) is 10.5. The lowest BCUT2D eigenvalue weighted by molar-refractivity contribution is -0.115. The Morgan fingerprint density at radius 3 is 2.69 bits per heavy atom. The van der Waals surface area contributed by atoms with Gasteiger partial charge in [-0.1, -0.05) is 24.3 Å². The van der Waals surface area contributed by atoms with Gasteiger partial charge in [-0.15, -0.1) is 0 Å². The van der Waals surface area contributed by atoms with Crippen molar-refractivity contribution in [3.63, 3.8) is 0 Å². The van der Waals surface area contributed by atoms with E-state index in [4.69, 9.17) is 4.74 Å². The zero-order valence-electron chi connectivity index (χ0n) is 17.1. The number of carbonyl (C=O) groups is 2. The number of amides is 2. The predicted octanol–water partition coefficient (Wildman–Crippen LogP) is 3.90. The lowest BCUT2D eigenvalue weighted by Crippen LogP contribution is -2.25. The summed E-state index contributed by atoms with van der Waals surface area (Å²) in [6.45, 7) is 3.83. The minimum Gasteiger partial charge on any atom is -0.382 e. The van der Waals surface area contributed by atoms with E-state index in [-0.39, 0.29) is 11.8 Å². The number of aryl methyl sites for hydroxylation is 2. The molecule has 2 amide bonds. The molecular weight excluding hydrogens is 364 g/mol. The second kappa shape index (κ2) is 10.8. The van der Waals surface area contributed by atoms with E-state index in [9.17, 15) is 9.59 Å². The van der Waals surface area contributed by atoms with Gasteiger partial charge in [-0.05, 0) is 73.9 Å². The van der Waals surface area contributed by atoms with Gasteiger partial charge in [-0.2, -0.15) is 0 Å². The van der Waals surface area contributed by atoms with Crippen molar-refractivity contribution in [2.24, 2.45) is 0 Å². The van der Waals surface area contributed by atoms with E-state index in [1.807, 2.05) is 6.92 Å². The van der Waals surface area contributed by atoms with Gasteiger partial charge in [0.15, 0.2) is 0 Å². The number of rotatable bonds is 9. The molecule has 0 heterocycles. The smallest absolute Gasteiger partial charge is 0.251 e. The van der Waals surface area contributed by atoms with Crippen molar-refractivity contribution in [2.45, 2.75) is 45.4 Å². The molecule has 0 aromatic heterocycles. The average Bonchev–Trinajstić information content (AvgIpc) is 2.73. The summed E-state index contributed by atoms with van der Waals surface area (Å²) in [6, 6.07) is 13.4. The van der Waals surface area contributed by atoms with Crippen LogP contribution in [0.15, 0.2) is 42.5 Å². The van der Waals surface area contributed by atoms with E-state index in [0.29, 0.717) is 37.4 Å². The van der Waals surface area contributed by atoms with Gasteiger partial charge in [-0.3, -0.25) is 9.59 Å². The van der Waals surface area contributed by atoms with Crippen molar-refractivity contribution < 1.29 is 14.3 Å². The van der Waals surface area contributed by atoms with Crippen molar-refractivity contribution in [1.82, 2.24) is 5.32 Å².